The lowest BCUT2D eigenvalue weighted by molar-refractivity contribution is 0.346. The standard InChI is InChI=1S/C15H21NO2S.H2/c1-12(2)13-8-10-14(11-9-13)16-19(17,18)15-6-4-3-5-7-15;/h3-7,13-14,16H,1,8-11H2,2H3;1H. The summed E-state index contributed by atoms with van der Waals surface area (Å²) in [6.45, 7) is 6.04. The van der Waals surface area contributed by atoms with Crippen molar-refractivity contribution in [3.63, 3.8) is 0 Å². The molecule has 1 N–H and O–H groups in total. The highest BCUT2D eigenvalue weighted by molar-refractivity contribution is 7.89. The lowest BCUT2D eigenvalue weighted by atomic mass is 9.83. The Morgan fingerprint density at radius 2 is 1.79 bits per heavy atom. The fourth-order valence-corrected chi connectivity index (χ4v) is 3.92. The number of allylic oxidation sites excluding steroid dienone is 1. The Morgan fingerprint density at radius 3 is 2.32 bits per heavy atom. The largest absolute Gasteiger partial charge is 0.240 e. The van der Waals surface area contributed by atoms with Crippen LogP contribution in [0.15, 0.2) is 47.4 Å². The smallest absolute Gasteiger partial charge is 0.208 e. The van der Waals surface area contributed by atoms with Crippen molar-refractivity contribution < 1.29 is 9.84 Å². The van der Waals surface area contributed by atoms with Crippen molar-refractivity contribution in [2.24, 2.45) is 5.92 Å². The molecule has 4 heteroatoms. The van der Waals surface area contributed by atoms with Crippen molar-refractivity contribution in [2.45, 2.75) is 43.5 Å². The van der Waals surface area contributed by atoms with Crippen LogP contribution in [0.1, 0.15) is 34.0 Å². The van der Waals surface area contributed by atoms with Gasteiger partial charge in [0.25, 0.3) is 0 Å². The maximum absolute atomic E-state index is 12.2. The van der Waals surface area contributed by atoms with Gasteiger partial charge in [0.1, 0.15) is 0 Å². The fourth-order valence-electron chi connectivity index (χ4n) is 2.59. The van der Waals surface area contributed by atoms with Crippen LogP contribution in [0.2, 0.25) is 0 Å². The third-order valence-electron chi connectivity index (χ3n) is 3.80. The van der Waals surface area contributed by atoms with Crippen molar-refractivity contribution in [1.29, 1.82) is 0 Å². The molecule has 1 aliphatic rings. The van der Waals surface area contributed by atoms with Gasteiger partial charge in [-0.1, -0.05) is 30.4 Å². The highest BCUT2D eigenvalue weighted by Crippen LogP contribution is 2.29. The lowest BCUT2D eigenvalue weighted by Crippen LogP contribution is -2.37. The van der Waals surface area contributed by atoms with Crippen molar-refractivity contribution in [1.82, 2.24) is 4.72 Å². The number of rotatable bonds is 4. The minimum Gasteiger partial charge on any atom is -0.208 e. The van der Waals surface area contributed by atoms with E-state index >= 15 is 0 Å². The highest BCUT2D eigenvalue weighted by Gasteiger charge is 2.25. The van der Waals surface area contributed by atoms with Crippen molar-refractivity contribution >= 4 is 10.0 Å². The van der Waals surface area contributed by atoms with E-state index in [0.29, 0.717) is 10.8 Å². The predicted octanol–water partition coefficient (Wildman–Crippen LogP) is 3.35. The topological polar surface area (TPSA) is 46.2 Å². The van der Waals surface area contributed by atoms with E-state index in [1.54, 1.807) is 24.3 Å². The molecular formula is C15H23NO2S. The Labute approximate surface area is 117 Å². The summed E-state index contributed by atoms with van der Waals surface area (Å²) in [6.07, 6.45) is 3.84. The molecule has 106 valence electrons. The first-order valence-electron chi connectivity index (χ1n) is 6.72. The first kappa shape index (κ1) is 14.3. The number of nitrogens with one attached hydrogen (secondary N) is 1. The van der Waals surface area contributed by atoms with Crippen LogP contribution in [-0.4, -0.2) is 14.5 Å². The summed E-state index contributed by atoms with van der Waals surface area (Å²) in [5, 5.41) is 0. The van der Waals surface area contributed by atoms with Gasteiger partial charge in [0.2, 0.25) is 10.0 Å². The number of hydrogen-bond donors (Lipinski definition) is 1. The summed E-state index contributed by atoms with van der Waals surface area (Å²) in [4.78, 5) is 0.344. The molecule has 0 amide bonds. The summed E-state index contributed by atoms with van der Waals surface area (Å²) in [5.41, 5.74) is 1.21. The maximum atomic E-state index is 12.2. The van der Waals surface area contributed by atoms with E-state index in [9.17, 15) is 8.42 Å². The van der Waals surface area contributed by atoms with Crippen molar-refractivity contribution in [3.8, 4) is 0 Å². The van der Waals surface area contributed by atoms with Crippen LogP contribution in [0.3, 0.4) is 0 Å². The highest BCUT2D eigenvalue weighted by atomic mass is 32.2. The van der Waals surface area contributed by atoms with Crippen molar-refractivity contribution in [2.75, 3.05) is 0 Å². The van der Waals surface area contributed by atoms with Gasteiger partial charge in [-0.2, -0.15) is 0 Å². The van der Waals surface area contributed by atoms with Crippen LogP contribution >= 0.6 is 0 Å². The molecular weight excluding hydrogens is 258 g/mol. The Hall–Kier alpha value is -1.13. The number of benzene rings is 1. The first-order chi connectivity index (χ1) is 8.99. The molecule has 0 aromatic heterocycles. The Bertz CT molecular complexity index is 534. The first-order valence-corrected chi connectivity index (χ1v) is 8.20. The molecule has 0 atom stereocenters. The van der Waals surface area contributed by atoms with Crippen molar-refractivity contribution in [3.05, 3.63) is 42.5 Å². The molecule has 1 aliphatic carbocycles. The van der Waals surface area contributed by atoms with E-state index < -0.39 is 10.0 Å². The minimum atomic E-state index is -3.37. The van der Waals surface area contributed by atoms with Gasteiger partial charge in [-0.05, 0) is 50.7 Å². The zero-order valence-electron chi connectivity index (χ0n) is 11.3. The summed E-state index contributed by atoms with van der Waals surface area (Å²) in [6, 6.07) is 8.61. The van der Waals surface area contributed by atoms with E-state index in [1.165, 1.54) is 5.57 Å². The Kier molecular flexibility index (Phi) is 4.42. The molecule has 1 aromatic carbocycles. The molecule has 0 radical (unpaired) electrons. The fraction of sp³-hybridized carbons (Fsp3) is 0.467. The molecule has 0 spiro atoms. The van der Waals surface area contributed by atoms with Crippen LogP contribution in [0.5, 0.6) is 0 Å². The number of hydrogen-bond acceptors (Lipinski definition) is 2. The van der Waals surface area contributed by atoms with Gasteiger partial charge in [0, 0.05) is 7.47 Å². The van der Waals surface area contributed by atoms with Crippen LogP contribution in [-0.2, 0) is 10.0 Å². The minimum absolute atomic E-state index is 0. The molecule has 0 aliphatic heterocycles. The molecule has 3 nitrogen and oxygen atoms in total. The molecule has 19 heavy (non-hydrogen) atoms. The molecule has 0 saturated heterocycles. The zero-order chi connectivity index (χ0) is 13.9. The van der Waals surface area contributed by atoms with Gasteiger partial charge < -0.3 is 0 Å². The molecule has 1 aromatic rings. The van der Waals surface area contributed by atoms with E-state index in [-0.39, 0.29) is 7.47 Å². The average molecular weight is 281 g/mol. The maximum Gasteiger partial charge on any atom is 0.240 e. The van der Waals surface area contributed by atoms with Crippen LogP contribution in [0.25, 0.3) is 0 Å². The molecule has 2 rings (SSSR count). The van der Waals surface area contributed by atoms with E-state index in [0.717, 1.165) is 25.7 Å². The Morgan fingerprint density at radius 1 is 1.21 bits per heavy atom. The summed E-state index contributed by atoms with van der Waals surface area (Å²) >= 11 is 0. The van der Waals surface area contributed by atoms with Gasteiger partial charge in [0.15, 0.2) is 0 Å². The van der Waals surface area contributed by atoms with Gasteiger partial charge >= 0.3 is 0 Å². The summed E-state index contributed by atoms with van der Waals surface area (Å²) in [5.74, 6) is 0.553. The monoisotopic (exact) mass is 281 g/mol. The third kappa shape index (κ3) is 3.67. The quantitative estimate of drug-likeness (QED) is 0.860. The van der Waals surface area contributed by atoms with Crippen LogP contribution < -0.4 is 4.72 Å². The van der Waals surface area contributed by atoms with Crippen LogP contribution in [0.4, 0.5) is 0 Å². The van der Waals surface area contributed by atoms with Crippen LogP contribution in [0, 0.1) is 5.92 Å². The second-order valence-electron chi connectivity index (χ2n) is 5.33. The normalized spacial score (nSPS) is 24.1. The molecule has 0 bridgehead atoms. The second kappa shape index (κ2) is 5.88. The molecule has 1 fully saturated rings. The zero-order valence-corrected chi connectivity index (χ0v) is 12.1. The molecule has 0 unspecified atom stereocenters. The van der Waals surface area contributed by atoms with E-state index in [4.69, 9.17) is 0 Å². The van der Waals surface area contributed by atoms with Gasteiger partial charge in [-0.25, -0.2) is 13.1 Å². The number of sulfonamides is 1. The molecule has 1 saturated carbocycles. The van der Waals surface area contributed by atoms with Gasteiger partial charge in [-0.3, -0.25) is 0 Å². The lowest BCUT2D eigenvalue weighted by Gasteiger charge is -2.29. The third-order valence-corrected chi connectivity index (χ3v) is 5.34. The second-order valence-corrected chi connectivity index (χ2v) is 7.04. The van der Waals surface area contributed by atoms with E-state index in [2.05, 4.69) is 18.2 Å². The summed E-state index contributed by atoms with van der Waals surface area (Å²) < 4.78 is 27.2. The Balaban J connectivity index is 0.00000200. The molecule has 0 heterocycles. The van der Waals surface area contributed by atoms with Gasteiger partial charge in [-0.15, -0.1) is 0 Å². The van der Waals surface area contributed by atoms with Gasteiger partial charge in [0.05, 0.1) is 4.90 Å². The predicted molar refractivity (Wildman–Crippen MR) is 79.4 cm³/mol. The average Bonchev–Trinajstić information content (AvgIpc) is 2.40. The SMILES string of the molecule is C=C(C)C1CCC(NS(=O)(=O)c2ccccc2)CC1.[HH]. The summed E-state index contributed by atoms with van der Waals surface area (Å²) in [7, 11) is -3.37. The van der Waals surface area contributed by atoms with E-state index in [1.807, 2.05) is 6.07 Å².